The van der Waals surface area contributed by atoms with E-state index in [2.05, 4.69) is 51.2 Å². The Balaban J connectivity index is 1.28. The number of benzene rings is 2. The van der Waals surface area contributed by atoms with Crippen molar-refractivity contribution in [2.24, 2.45) is 23.2 Å². The fourth-order valence-electron chi connectivity index (χ4n) is 14.7. The maximum absolute atomic E-state index is 15.5. The molecule has 4 fully saturated rings. The number of fused-ring (bicyclic) bond motifs is 8. The third kappa shape index (κ3) is 5.04. The minimum absolute atomic E-state index is 0.217. The number of nitrogens with zero attached hydrogens (tertiary/aromatic N) is 3. The molecular formula is C48H60N4O8. The molecule has 1 aromatic heterocycles. The van der Waals surface area contributed by atoms with E-state index in [0.29, 0.717) is 49.9 Å². The number of rotatable bonds is 6. The summed E-state index contributed by atoms with van der Waals surface area (Å²) in [6, 6.07) is 11.4. The zero-order valence-electron chi connectivity index (χ0n) is 35.9. The number of methoxy groups -OCH3 is 3. The molecule has 11 atom stereocenters. The van der Waals surface area contributed by atoms with Crippen molar-refractivity contribution in [2.45, 2.75) is 99.8 Å². The maximum Gasteiger partial charge on any atom is 0.344 e. The second-order valence-electron chi connectivity index (χ2n) is 19.0. The molecule has 2 N–H and O–H groups in total. The topological polar surface area (TPSA) is 134 Å². The SMILES string of the molecule is CC[C@]12C=CCN3CCC4(c5cc([C@]6(C(=O)OC)C[C@@H]7CN(CCc8c6[nH]c6ccccc86)CC6CCCCC67)c(OC)cc5N(C)C4[C@](O)(C(=O)OC)C1OC(C)=O)[C@@H]32. The van der Waals surface area contributed by atoms with Crippen LogP contribution in [0.4, 0.5) is 5.69 Å². The van der Waals surface area contributed by atoms with Crippen LogP contribution in [0.3, 0.4) is 0 Å². The van der Waals surface area contributed by atoms with Crippen LogP contribution in [0.1, 0.15) is 81.2 Å². The summed E-state index contributed by atoms with van der Waals surface area (Å²) < 4.78 is 24.2. The van der Waals surface area contributed by atoms with Crippen LogP contribution < -0.4 is 9.64 Å². The third-order valence-electron chi connectivity index (χ3n) is 16.8. The predicted octanol–water partition coefficient (Wildman–Crippen LogP) is 5.27. The Morgan fingerprint density at radius 2 is 1.72 bits per heavy atom. The number of carbonyl (C=O) groups excluding carboxylic acids is 3. The first kappa shape index (κ1) is 39.7. The molecule has 320 valence electrons. The molecule has 2 saturated heterocycles. The highest BCUT2D eigenvalue weighted by Gasteiger charge is 2.80. The van der Waals surface area contributed by atoms with Crippen LogP contribution in [0, 0.1) is 23.2 Å². The zero-order valence-corrected chi connectivity index (χ0v) is 35.9. The number of para-hydroxylation sites is 1. The van der Waals surface area contributed by atoms with Gasteiger partial charge in [-0.3, -0.25) is 14.5 Å². The van der Waals surface area contributed by atoms with E-state index >= 15 is 4.79 Å². The number of esters is 3. The molecule has 6 unspecified atom stereocenters. The first-order valence-corrected chi connectivity index (χ1v) is 22.2. The van der Waals surface area contributed by atoms with Crippen molar-refractivity contribution in [3.05, 3.63) is 70.9 Å². The van der Waals surface area contributed by atoms with Gasteiger partial charge in [0.25, 0.3) is 0 Å². The van der Waals surface area contributed by atoms with Gasteiger partial charge in [-0.2, -0.15) is 0 Å². The number of hydrogen-bond acceptors (Lipinski definition) is 11. The minimum Gasteiger partial charge on any atom is -0.496 e. The number of nitrogens with one attached hydrogen (secondary N) is 1. The van der Waals surface area contributed by atoms with Gasteiger partial charge in [0.1, 0.15) is 11.2 Å². The minimum atomic E-state index is -2.27. The number of piperidine rings is 1. The van der Waals surface area contributed by atoms with Gasteiger partial charge in [-0.25, -0.2) is 4.79 Å². The summed E-state index contributed by atoms with van der Waals surface area (Å²) in [5.41, 5.74) is 0.0512. The van der Waals surface area contributed by atoms with Crippen LogP contribution in [-0.4, -0.2) is 123 Å². The average Bonchev–Trinajstić information content (AvgIpc) is 3.92. The lowest BCUT2D eigenvalue weighted by atomic mass is 9.47. The standard InChI is InChI=1S/C48H60N4O8/c1-7-45-18-12-20-52-22-19-46(40(45)52)34-23-35(38(57-4)24-37(34)50(3)41(46)48(56,44(55)59-6)42(45)60-28(2)53)47(43(54)58-5)25-30-27-51(26-29-13-8-9-14-31(29)30)21-17-33-32-15-10-11-16-36(32)49-39(33)47/h10-12,15-16,18,23-24,29-31,40-42,49,56H,7-9,13-14,17,19-22,25-27H2,1-6H3/t29?,30-,31?,40+,41?,42?,45-,46?,47-,48-/m1/s1. The Labute approximate surface area is 352 Å². The molecule has 0 amide bonds. The fourth-order valence-corrected chi connectivity index (χ4v) is 14.7. The normalized spacial score (nSPS) is 37.6. The summed E-state index contributed by atoms with van der Waals surface area (Å²) in [5, 5.41) is 14.5. The lowest BCUT2D eigenvalue weighted by Crippen LogP contribution is -2.81. The Kier molecular flexibility index (Phi) is 9.32. The zero-order chi connectivity index (χ0) is 41.9. The number of likely N-dealkylation sites (N-methyl/N-ethyl adjacent to an activating group) is 1. The average molecular weight is 821 g/mol. The van der Waals surface area contributed by atoms with E-state index in [-0.39, 0.29) is 17.9 Å². The summed E-state index contributed by atoms with van der Waals surface area (Å²) in [6.07, 6.45) is 10.1. The molecule has 0 radical (unpaired) electrons. The largest absolute Gasteiger partial charge is 0.496 e. The van der Waals surface area contributed by atoms with E-state index in [1.165, 1.54) is 40.4 Å². The van der Waals surface area contributed by atoms with Gasteiger partial charge in [0.2, 0.25) is 5.60 Å². The first-order valence-electron chi connectivity index (χ1n) is 22.2. The fraction of sp³-hybridized carbons (Fsp3) is 0.604. The third-order valence-corrected chi connectivity index (χ3v) is 16.8. The smallest absolute Gasteiger partial charge is 0.344 e. The number of hydrogen-bond donors (Lipinski definition) is 2. The van der Waals surface area contributed by atoms with E-state index in [1.807, 2.05) is 31.0 Å². The van der Waals surface area contributed by atoms with E-state index in [4.69, 9.17) is 18.9 Å². The molecule has 60 heavy (non-hydrogen) atoms. The molecule has 1 spiro atoms. The number of aliphatic hydroxyl groups is 1. The molecule has 2 bridgehead atoms. The van der Waals surface area contributed by atoms with Crippen molar-refractivity contribution in [3.63, 3.8) is 0 Å². The molecule has 12 heteroatoms. The summed E-state index contributed by atoms with van der Waals surface area (Å²) in [7, 11) is 6.34. The second kappa shape index (κ2) is 14.1. The number of H-pyrrole nitrogens is 1. The number of aromatic nitrogens is 1. The van der Waals surface area contributed by atoms with Crippen LogP contribution >= 0.6 is 0 Å². The van der Waals surface area contributed by atoms with Gasteiger partial charge in [-0.1, -0.05) is 50.1 Å². The Hall–Kier alpha value is -4.39. The number of anilines is 1. The highest BCUT2D eigenvalue weighted by Crippen LogP contribution is 2.68. The molecule has 2 aliphatic carbocycles. The van der Waals surface area contributed by atoms with Crippen molar-refractivity contribution in [1.29, 1.82) is 0 Å². The van der Waals surface area contributed by atoms with Gasteiger partial charge < -0.3 is 38.8 Å². The first-order chi connectivity index (χ1) is 28.9. The van der Waals surface area contributed by atoms with Crippen LogP contribution in [0.5, 0.6) is 5.75 Å². The summed E-state index contributed by atoms with van der Waals surface area (Å²) in [6.45, 7) is 7.65. The predicted molar refractivity (Wildman–Crippen MR) is 226 cm³/mol. The Morgan fingerprint density at radius 1 is 0.950 bits per heavy atom. The van der Waals surface area contributed by atoms with Gasteiger partial charge >= 0.3 is 17.9 Å². The molecule has 5 aliphatic heterocycles. The van der Waals surface area contributed by atoms with Gasteiger partial charge in [0.15, 0.2) is 6.10 Å². The van der Waals surface area contributed by atoms with Crippen LogP contribution in [0.25, 0.3) is 10.9 Å². The van der Waals surface area contributed by atoms with E-state index in [1.54, 1.807) is 7.11 Å². The second-order valence-corrected chi connectivity index (χ2v) is 19.0. The summed E-state index contributed by atoms with van der Waals surface area (Å²) in [5.74, 6) is 0.0532. The Morgan fingerprint density at radius 3 is 2.47 bits per heavy atom. The van der Waals surface area contributed by atoms with E-state index in [0.717, 1.165) is 71.5 Å². The molecule has 10 rings (SSSR count). The van der Waals surface area contributed by atoms with Crippen molar-refractivity contribution in [3.8, 4) is 5.75 Å². The summed E-state index contributed by atoms with van der Waals surface area (Å²) >= 11 is 0. The van der Waals surface area contributed by atoms with E-state index < -0.39 is 45.9 Å². The van der Waals surface area contributed by atoms with Crippen LogP contribution in [0.15, 0.2) is 48.6 Å². The lowest BCUT2D eigenvalue weighted by molar-refractivity contribution is -0.228. The van der Waals surface area contributed by atoms with Gasteiger partial charge in [0, 0.05) is 90.9 Å². The van der Waals surface area contributed by atoms with Crippen LogP contribution in [0.2, 0.25) is 0 Å². The van der Waals surface area contributed by atoms with Crippen molar-refractivity contribution in [1.82, 2.24) is 14.8 Å². The molecular weight excluding hydrogens is 761 g/mol. The molecule has 2 saturated carbocycles. The monoisotopic (exact) mass is 820 g/mol. The Bertz CT molecular complexity index is 2290. The van der Waals surface area contributed by atoms with Gasteiger partial charge in [-0.05, 0) is 86.1 Å². The molecule has 3 aromatic rings. The molecule has 2 aromatic carbocycles. The quantitative estimate of drug-likeness (QED) is 0.192. The number of carbonyl (C=O) groups is 3. The van der Waals surface area contributed by atoms with Crippen molar-refractivity contribution in [2.75, 3.05) is 66.0 Å². The molecule has 12 nitrogen and oxygen atoms in total. The maximum atomic E-state index is 15.5. The van der Waals surface area contributed by atoms with Crippen molar-refractivity contribution < 1.29 is 38.4 Å². The molecule has 7 aliphatic rings. The number of ether oxygens (including phenoxy) is 4. The van der Waals surface area contributed by atoms with Crippen molar-refractivity contribution >= 4 is 34.5 Å². The number of aromatic amines is 1. The van der Waals surface area contributed by atoms with Gasteiger partial charge in [0.05, 0.1) is 27.4 Å². The highest BCUT2D eigenvalue weighted by molar-refractivity contribution is 5.95. The lowest BCUT2D eigenvalue weighted by Gasteiger charge is -2.63. The summed E-state index contributed by atoms with van der Waals surface area (Å²) in [4.78, 5) is 53.9. The van der Waals surface area contributed by atoms with Gasteiger partial charge in [-0.15, -0.1) is 0 Å². The van der Waals surface area contributed by atoms with E-state index in [9.17, 15) is 14.7 Å². The highest BCUT2D eigenvalue weighted by atomic mass is 16.6. The molecule has 6 heterocycles. The van der Waals surface area contributed by atoms with Crippen LogP contribution in [-0.2, 0) is 45.8 Å².